The Kier molecular flexibility index (Phi) is 6.04. The van der Waals surface area contributed by atoms with Crippen LogP contribution in [0.25, 0.3) is 0 Å². The quantitative estimate of drug-likeness (QED) is 0.562. The second kappa shape index (κ2) is 7.33. The molecule has 0 spiro atoms. The third-order valence-electron chi connectivity index (χ3n) is 2.88. The minimum Gasteiger partial charge on any atom is -0.466 e. The largest absolute Gasteiger partial charge is 0.466 e. The lowest BCUT2D eigenvalue weighted by molar-refractivity contribution is -0.143. The van der Waals surface area contributed by atoms with Crippen molar-refractivity contribution in [3.63, 3.8) is 0 Å². The maximum atomic E-state index is 12.3. The van der Waals surface area contributed by atoms with Crippen molar-refractivity contribution in [3.8, 4) is 0 Å². The highest BCUT2D eigenvalue weighted by atomic mass is 32.2. The molecule has 1 aromatic carbocycles. The van der Waals surface area contributed by atoms with Gasteiger partial charge in [-0.3, -0.25) is 9.59 Å². The Morgan fingerprint density at radius 1 is 1.29 bits per heavy atom. The monoisotopic (exact) mass is 313 g/mol. The topological polar surface area (TPSA) is 80.8 Å². The molecule has 116 valence electrons. The predicted molar refractivity (Wildman–Crippen MR) is 77.5 cm³/mol. The van der Waals surface area contributed by atoms with E-state index in [1.54, 1.807) is 13.0 Å². The van der Waals surface area contributed by atoms with E-state index in [9.17, 15) is 18.0 Å². The molecule has 21 heavy (non-hydrogen) atoms. The Hall–Kier alpha value is -1.73. The highest BCUT2D eigenvalue weighted by Crippen LogP contribution is 2.16. The Balaban J connectivity index is 2.87. The van der Waals surface area contributed by atoms with Crippen molar-refractivity contribution < 1.29 is 22.7 Å². The van der Waals surface area contributed by atoms with Crippen LogP contribution in [0.15, 0.2) is 29.2 Å². The summed E-state index contributed by atoms with van der Waals surface area (Å²) in [6, 6.07) is 5.82. The van der Waals surface area contributed by atoms with E-state index < -0.39 is 16.0 Å². The first kappa shape index (κ1) is 17.3. The molecule has 7 heteroatoms. The zero-order valence-corrected chi connectivity index (χ0v) is 13.1. The number of hydrogen-bond acceptors (Lipinski definition) is 5. The fraction of sp³-hybridized carbons (Fsp3) is 0.429. The Bertz CT molecular complexity index is 624. The highest BCUT2D eigenvalue weighted by Gasteiger charge is 2.22. The SMILES string of the molecule is CCOC(=O)CCN(C)S(=O)(=O)c1cccc(C(C)=O)c1. The van der Waals surface area contributed by atoms with Crippen molar-refractivity contribution in [1.82, 2.24) is 4.31 Å². The van der Waals surface area contributed by atoms with E-state index in [1.807, 2.05) is 0 Å². The summed E-state index contributed by atoms with van der Waals surface area (Å²) in [6.45, 7) is 3.34. The van der Waals surface area contributed by atoms with Gasteiger partial charge in [-0.2, -0.15) is 0 Å². The highest BCUT2D eigenvalue weighted by molar-refractivity contribution is 7.89. The van der Waals surface area contributed by atoms with E-state index in [1.165, 1.54) is 32.2 Å². The molecule has 0 unspecified atom stereocenters. The van der Waals surface area contributed by atoms with Crippen LogP contribution in [0.5, 0.6) is 0 Å². The molecule has 1 aromatic rings. The Morgan fingerprint density at radius 3 is 2.52 bits per heavy atom. The van der Waals surface area contributed by atoms with Crippen LogP contribution < -0.4 is 0 Å². The van der Waals surface area contributed by atoms with Crippen molar-refractivity contribution in [3.05, 3.63) is 29.8 Å². The molecule has 0 radical (unpaired) electrons. The summed E-state index contributed by atoms with van der Waals surface area (Å²) in [4.78, 5) is 22.6. The molecule has 0 bridgehead atoms. The number of benzene rings is 1. The fourth-order valence-corrected chi connectivity index (χ4v) is 2.88. The minimum atomic E-state index is -3.73. The number of ketones is 1. The lowest BCUT2D eigenvalue weighted by Crippen LogP contribution is -2.29. The first-order chi connectivity index (χ1) is 9.78. The minimum absolute atomic E-state index is 0.0179. The molecule has 0 atom stereocenters. The molecule has 0 heterocycles. The number of hydrogen-bond donors (Lipinski definition) is 0. The zero-order valence-electron chi connectivity index (χ0n) is 12.3. The second-order valence-corrected chi connectivity index (χ2v) is 6.51. The van der Waals surface area contributed by atoms with Crippen molar-refractivity contribution in [2.45, 2.75) is 25.2 Å². The number of carbonyl (C=O) groups is 2. The van der Waals surface area contributed by atoms with E-state index in [0.717, 1.165) is 4.31 Å². The lowest BCUT2D eigenvalue weighted by atomic mass is 10.2. The van der Waals surface area contributed by atoms with Gasteiger partial charge in [-0.1, -0.05) is 12.1 Å². The molecule has 0 aromatic heterocycles. The van der Waals surface area contributed by atoms with E-state index in [4.69, 9.17) is 4.74 Å². The van der Waals surface area contributed by atoms with E-state index >= 15 is 0 Å². The number of ether oxygens (including phenoxy) is 1. The van der Waals surface area contributed by atoms with Gasteiger partial charge < -0.3 is 4.74 Å². The van der Waals surface area contributed by atoms with E-state index in [0.29, 0.717) is 5.56 Å². The molecule has 0 aliphatic carbocycles. The second-order valence-electron chi connectivity index (χ2n) is 4.47. The maximum absolute atomic E-state index is 12.3. The van der Waals surface area contributed by atoms with Gasteiger partial charge in [0.25, 0.3) is 0 Å². The number of esters is 1. The number of rotatable bonds is 7. The van der Waals surface area contributed by atoms with Crippen molar-refractivity contribution in [2.75, 3.05) is 20.2 Å². The van der Waals surface area contributed by atoms with Gasteiger partial charge >= 0.3 is 5.97 Å². The summed E-state index contributed by atoms with van der Waals surface area (Å²) in [6.07, 6.45) is -0.0179. The van der Waals surface area contributed by atoms with Gasteiger partial charge in [-0.25, -0.2) is 12.7 Å². The summed E-state index contributed by atoms with van der Waals surface area (Å²) in [5, 5.41) is 0. The van der Waals surface area contributed by atoms with Crippen molar-refractivity contribution in [1.29, 1.82) is 0 Å². The predicted octanol–water partition coefficient (Wildman–Crippen LogP) is 1.46. The molecule has 0 amide bonds. The molecule has 0 saturated carbocycles. The van der Waals surface area contributed by atoms with Gasteiger partial charge in [0.1, 0.15) is 0 Å². The molecular formula is C14H19NO5S. The average Bonchev–Trinajstić information content (AvgIpc) is 2.45. The smallest absolute Gasteiger partial charge is 0.307 e. The maximum Gasteiger partial charge on any atom is 0.307 e. The molecule has 1 rings (SSSR count). The van der Waals surface area contributed by atoms with Gasteiger partial charge in [0, 0.05) is 19.2 Å². The number of Topliss-reactive ketones (excluding diaryl/α,β-unsaturated/α-hetero) is 1. The number of nitrogens with zero attached hydrogens (tertiary/aromatic N) is 1. The summed E-state index contributed by atoms with van der Waals surface area (Å²) >= 11 is 0. The number of carbonyl (C=O) groups excluding carboxylic acids is 2. The lowest BCUT2D eigenvalue weighted by Gasteiger charge is -2.17. The third kappa shape index (κ3) is 4.64. The van der Waals surface area contributed by atoms with Crippen molar-refractivity contribution in [2.24, 2.45) is 0 Å². The van der Waals surface area contributed by atoms with Crippen LogP contribution in [-0.2, 0) is 19.6 Å². The number of sulfonamides is 1. The van der Waals surface area contributed by atoms with Crippen LogP contribution in [0.1, 0.15) is 30.6 Å². The van der Waals surface area contributed by atoms with Gasteiger partial charge in [-0.05, 0) is 26.0 Å². The van der Waals surface area contributed by atoms with Crippen LogP contribution in [0, 0.1) is 0 Å². The molecule has 0 fully saturated rings. The fourth-order valence-electron chi connectivity index (χ4n) is 1.66. The molecule has 0 saturated heterocycles. The van der Waals surface area contributed by atoms with Crippen LogP contribution >= 0.6 is 0 Å². The first-order valence-corrected chi connectivity index (χ1v) is 7.96. The molecule has 0 N–H and O–H groups in total. The Labute approximate surface area is 124 Å². The Morgan fingerprint density at radius 2 is 1.95 bits per heavy atom. The van der Waals surface area contributed by atoms with Gasteiger partial charge in [0.15, 0.2) is 5.78 Å². The first-order valence-electron chi connectivity index (χ1n) is 6.52. The average molecular weight is 313 g/mol. The summed E-state index contributed by atoms with van der Waals surface area (Å²) < 4.78 is 30.5. The van der Waals surface area contributed by atoms with Gasteiger partial charge in [0.05, 0.1) is 17.9 Å². The van der Waals surface area contributed by atoms with Crippen LogP contribution in [0.2, 0.25) is 0 Å². The third-order valence-corrected chi connectivity index (χ3v) is 4.74. The summed E-state index contributed by atoms with van der Waals surface area (Å²) in [7, 11) is -2.35. The van der Waals surface area contributed by atoms with Crippen LogP contribution in [0.3, 0.4) is 0 Å². The van der Waals surface area contributed by atoms with Crippen molar-refractivity contribution >= 4 is 21.8 Å². The standard InChI is InChI=1S/C14H19NO5S/c1-4-20-14(17)8-9-15(3)21(18,19)13-7-5-6-12(10-13)11(2)16/h5-7,10H,4,8-9H2,1-3H3. The van der Waals surface area contributed by atoms with Gasteiger partial charge in [-0.15, -0.1) is 0 Å². The van der Waals surface area contributed by atoms with E-state index in [2.05, 4.69) is 0 Å². The van der Waals surface area contributed by atoms with Gasteiger partial charge in [0.2, 0.25) is 10.0 Å². The molecular weight excluding hydrogens is 294 g/mol. The molecule has 0 aliphatic heterocycles. The van der Waals surface area contributed by atoms with Crippen LogP contribution in [-0.4, -0.2) is 44.7 Å². The van der Waals surface area contributed by atoms with E-state index in [-0.39, 0.29) is 30.3 Å². The normalized spacial score (nSPS) is 11.4. The molecule has 6 nitrogen and oxygen atoms in total. The summed E-state index contributed by atoms with van der Waals surface area (Å²) in [5.41, 5.74) is 0.329. The summed E-state index contributed by atoms with van der Waals surface area (Å²) in [5.74, 6) is -0.654. The molecule has 0 aliphatic rings. The van der Waals surface area contributed by atoms with Crippen LogP contribution in [0.4, 0.5) is 0 Å². The zero-order chi connectivity index (χ0) is 16.0.